The van der Waals surface area contributed by atoms with Crippen LogP contribution in [-0.2, 0) is 9.53 Å². The zero-order valence-corrected chi connectivity index (χ0v) is 9.54. The molecule has 0 spiro atoms. The van der Waals surface area contributed by atoms with E-state index in [1.807, 2.05) is 6.92 Å². The molecule has 3 N–H and O–H groups in total. The smallest absolute Gasteiger partial charge is 0.315 e. The summed E-state index contributed by atoms with van der Waals surface area (Å²) in [5.74, 6) is -0.167. The van der Waals surface area contributed by atoms with Crippen LogP contribution in [0, 0.1) is 0 Å². The summed E-state index contributed by atoms with van der Waals surface area (Å²) in [5, 5.41) is 7.91. The first-order valence-corrected chi connectivity index (χ1v) is 5.61. The maximum Gasteiger partial charge on any atom is 0.315 e. The van der Waals surface area contributed by atoms with E-state index >= 15 is 0 Å². The minimum atomic E-state index is -0.317. The van der Waals surface area contributed by atoms with E-state index in [0.717, 1.165) is 12.8 Å². The maximum atomic E-state index is 11.3. The van der Waals surface area contributed by atoms with Crippen LogP contribution >= 0.6 is 0 Å². The molecule has 1 fully saturated rings. The fourth-order valence-corrected chi connectivity index (χ4v) is 1.37. The van der Waals surface area contributed by atoms with Gasteiger partial charge in [-0.2, -0.15) is 0 Å². The largest absolute Gasteiger partial charge is 0.379 e. The molecule has 1 heterocycles. The van der Waals surface area contributed by atoms with Crippen LogP contribution in [0.15, 0.2) is 0 Å². The van der Waals surface area contributed by atoms with E-state index in [0.29, 0.717) is 19.8 Å². The van der Waals surface area contributed by atoms with Gasteiger partial charge in [-0.25, -0.2) is 4.79 Å². The number of urea groups is 1. The first-order valence-electron chi connectivity index (χ1n) is 5.61. The molecule has 92 valence electrons. The number of carbonyl (C=O) groups excluding carboxylic acids is 2. The fourth-order valence-electron chi connectivity index (χ4n) is 1.37. The highest BCUT2D eigenvalue weighted by atomic mass is 16.5. The Morgan fingerprint density at radius 3 is 2.81 bits per heavy atom. The molecule has 0 aromatic rings. The molecule has 3 amide bonds. The van der Waals surface area contributed by atoms with E-state index in [4.69, 9.17) is 4.74 Å². The normalized spacial score (nSPS) is 19.2. The van der Waals surface area contributed by atoms with Gasteiger partial charge in [-0.3, -0.25) is 4.79 Å². The van der Waals surface area contributed by atoms with Crippen molar-refractivity contribution < 1.29 is 14.3 Å². The van der Waals surface area contributed by atoms with Crippen molar-refractivity contribution in [1.29, 1.82) is 0 Å². The molecule has 0 aliphatic carbocycles. The molecule has 1 aliphatic rings. The van der Waals surface area contributed by atoms with Crippen LogP contribution in [0.1, 0.15) is 19.8 Å². The Bertz CT molecular complexity index is 239. The SMILES string of the molecule is CCCNC(=O)CNC(=O)NC1CCOC1. The van der Waals surface area contributed by atoms with E-state index in [9.17, 15) is 9.59 Å². The van der Waals surface area contributed by atoms with Gasteiger partial charge < -0.3 is 20.7 Å². The topological polar surface area (TPSA) is 79.5 Å². The van der Waals surface area contributed by atoms with Gasteiger partial charge in [-0.1, -0.05) is 6.92 Å². The van der Waals surface area contributed by atoms with E-state index in [1.54, 1.807) is 0 Å². The first kappa shape index (κ1) is 12.8. The molecule has 1 rings (SSSR count). The molecular formula is C10H19N3O3. The minimum absolute atomic E-state index is 0.0133. The maximum absolute atomic E-state index is 11.3. The number of nitrogens with one attached hydrogen (secondary N) is 3. The molecule has 0 aromatic heterocycles. The van der Waals surface area contributed by atoms with E-state index in [1.165, 1.54) is 0 Å². The van der Waals surface area contributed by atoms with Gasteiger partial charge in [0.1, 0.15) is 0 Å². The number of hydrogen-bond donors (Lipinski definition) is 3. The number of rotatable bonds is 5. The average Bonchev–Trinajstić information content (AvgIpc) is 2.76. The van der Waals surface area contributed by atoms with Gasteiger partial charge in [0.25, 0.3) is 0 Å². The molecule has 0 saturated carbocycles. The molecule has 0 aromatic carbocycles. The second-order valence-electron chi connectivity index (χ2n) is 3.74. The Labute approximate surface area is 95.1 Å². The quantitative estimate of drug-likeness (QED) is 0.600. The zero-order chi connectivity index (χ0) is 11.8. The predicted molar refractivity (Wildman–Crippen MR) is 59.1 cm³/mol. The molecule has 1 aliphatic heterocycles. The third-order valence-electron chi connectivity index (χ3n) is 2.25. The molecule has 6 nitrogen and oxygen atoms in total. The summed E-state index contributed by atoms with van der Waals surface area (Å²) in [6.07, 6.45) is 1.72. The monoisotopic (exact) mass is 229 g/mol. The first-order chi connectivity index (χ1) is 7.72. The number of hydrogen-bond acceptors (Lipinski definition) is 3. The highest BCUT2D eigenvalue weighted by molar-refractivity contribution is 5.83. The fraction of sp³-hybridized carbons (Fsp3) is 0.800. The van der Waals surface area contributed by atoms with Crippen molar-refractivity contribution in [3.8, 4) is 0 Å². The zero-order valence-electron chi connectivity index (χ0n) is 9.54. The Balaban J connectivity index is 2.07. The molecule has 0 radical (unpaired) electrons. The van der Waals surface area contributed by atoms with Crippen LogP contribution in [0.4, 0.5) is 4.79 Å². The third-order valence-corrected chi connectivity index (χ3v) is 2.25. The van der Waals surface area contributed by atoms with Crippen LogP contribution in [0.2, 0.25) is 0 Å². The Hall–Kier alpha value is -1.30. The summed E-state index contributed by atoms with van der Waals surface area (Å²) >= 11 is 0. The van der Waals surface area contributed by atoms with Crippen molar-refractivity contribution in [3.05, 3.63) is 0 Å². The Morgan fingerprint density at radius 1 is 1.38 bits per heavy atom. The number of amides is 3. The summed E-state index contributed by atoms with van der Waals surface area (Å²) in [5.41, 5.74) is 0. The van der Waals surface area contributed by atoms with Gasteiger partial charge in [0.15, 0.2) is 0 Å². The molecule has 1 atom stereocenters. The second kappa shape index (κ2) is 7.05. The lowest BCUT2D eigenvalue weighted by atomic mass is 10.3. The summed E-state index contributed by atoms with van der Waals surface area (Å²) < 4.78 is 5.11. The van der Waals surface area contributed by atoms with Crippen LogP contribution in [0.25, 0.3) is 0 Å². The Morgan fingerprint density at radius 2 is 2.19 bits per heavy atom. The summed E-state index contributed by atoms with van der Waals surface area (Å²) in [6, 6.07) is -0.249. The molecule has 16 heavy (non-hydrogen) atoms. The van der Waals surface area contributed by atoms with E-state index < -0.39 is 0 Å². The van der Waals surface area contributed by atoms with Crippen molar-refractivity contribution in [3.63, 3.8) is 0 Å². The van der Waals surface area contributed by atoms with Gasteiger partial charge in [0.2, 0.25) is 5.91 Å². The Kier molecular flexibility index (Phi) is 5.63. The minimum Gasteiger partial charge on any atom is -0.379 e. The van der Waals surface area contributed by atoms with Gasteiger partial charge in [-0.15, -0.1) is 0 Å². The molecule has 6 heteroatoms. The third kappa shape index (κ3) is 4.97. The van der Waals surface area contributed by atoms with Crippen LogP contribution in [0.5, 0.6) is 0 Å². The van der Waals surface area contributed by atoms with E-state index in [2.05, 4.69) is 16.0 Å². The lowest BCUT2D eigenvalue weighted by molar-refractivity contribution is -0.120. The van der Waals surface area contributed by atoms with Crippen LogP contribution < -0.4 is 16.0 Å². The number of ether oxygens (including phenoxy) is 1. The van der Waals surface area contributed by atoms with Crippen molar-refractivity contribution in [1.82, 2.24) is 16.0 Å². The predicted octanol–water partition coefficient (Wildman–Crippen LogP) is -0.399. The second-order valence-corrected chi connectivity index (χ2v) is 3.74. The highest BCUT2D eigenvalue weighted by Crippen LogP contribution is 2.02. The lowest BCUT2D eigenvalue weighted by Crippen LogP contribution is -2.46. The summed E-state index contributed by atoms with van der Waals surface area (Å²) in [7, 11) is 0. The van der Waals surface area contributed by atoms with Gasteiger partial charge in [-0.05, 0) is 12.8 Å². The van der Waals surface area contributed by atoms with Crippen molar-refractivity contribution in [2.24, 2.45) is 0 Å². The standard InChI is InChI=1S/C10H19N3O3/c1-2-4-11-9(14)6-12-10(15)13-8-3-5-16-7-8/h8H,2-7H2,1H3,(H,11,14)(H2,12,13,15). The van der Waals surface area contributed by atoms with Gasteiger partial charge in [0.05, 0.1) is 19.2 Å². The molecular weight excluding hydrogens is 210 g/mol. The molecule has 1 unspecified atom stereocenters. The van der Waals surface area contributed by atoms with Crippen molar-refractivity contribution >= 4 is 11.9 Å². The molecule has 0 bridgehead atoms. The average molecular weight is 229 g/mol. The number of carbonyl (C=O) groups is 2. The summed E-state index contributed by atoms with van der Waals surface area (Å²) in [4.78, 5) is 22.5. The van der Waals surface area contributed by atoms with Crippen molar-refractivity contribution in [2.45, 2.75) is 25.8 Å². The lowest BCUT2D eigenvalue weighted by Gasteiger charge is -2.11. The van der Waals surface area contributed by atoms with E-state index in [-0.39, 0.29) is 24.5 Å². The van der Waals surface area contributed by atoms with Gasteiger partial charge >= 0.3 is 6.03 Å². The van der Waals surface area contributed by atoms with Crippen molar-refractivity contribution in [2.75, 3.05) is 26.3 Å². The summed E-state index contributed by atoms with van der Waals surface area (Å²) in [6.45, 7) is 3.86. The molecule has 1 saturated heterocycles. The highest BCUT2D eigenvalue weighted by Gasteiger charge is 2.17. The van der Waals surface area contributed by atoms with Crippen LogP contribution in [-0.4, -0.2) is 44.3 Å². The van der Waals surface area contributed by atoms with Crippen LogP contribution in [0.3, 0.4) is 0 Å². The van der Waals surface area contributed by atoms with Gasteiger partial charge in [0, 0.05) is 13.2 Å².